The number of carboxylic acid groups (broad SMARTS) is 1. The molecule has 1 fully saturated rings. The number of carboxylic acids is 1. The number of hydrogen-bond acceptors (Lipinski definition) is 3. The third-order valence-corrected chi connectivity index (χ3v) is 2.73. The molecule has 1 aliphatic rings. The summed E-state index contributed by atoms with van der Waals surface area (Å²) >= 11 is 0. The summed E-state index contributed by atoms with van der Waals surface area (Å²) in [5, 5.41) is 14.6. The van der Waals surface area contributed by atoms with Crippen LogP contribution in [0.2, 0.25) is 0 Å². The van der Waals surface area contributed by atoms with Crippen LogP contribution >= 0.6 is 0 Å². The van der Waals surface area contributed by atoms with Crippen molar-refractivity contribution < 1.29 is 14.7 Å². The maximum absolute atomic E-state index is 11.3. The van der Waals surface area contributed by atoms with E-state index in [1.54, 1.807) is 0 Å². The highest BCUT2D eigenvalue weighted by Crippen LogP contribution is 2.18. The lowest BCUT2D eigenvalue weighted by Crippen LogP contribution is -2.27. The Bertz CT molecular complexity index is 252. The average Bonchev–Trinajstić information content (AvgIpc) is 3.07. The Morgan fingerprint density at radius 3 is 2.41 bits per heavy atom. The SMILES string of the molecule is O=C(O)CCCCC(=O)NCCCNC1CC1. The minimum Gasteiger partial charge on any atom is -0.481 e. The van der Waals surface area contributed by atoms with Gasteiger partial charge in [0.1, 0.15) is 0 Å². The Hall–Kier alpha value is -1.10. The van der Waals surface area contributed by atoms with Crippen LogP contribution in [-0.2, 0) is 9.59 Å². The Morgan fingerprint density at radius 2 is 1.76 bits per heavy atom. The van der Waals surface area contributed by atoms with Crippen molar-refractivity contribution in [3.05, 3.63) is 0 Å². The topological polar surface area (TPSA) is 78.4 Å². The largest absolute Gasteiger partial charge is 0.481 e. The van der Waals surface area contributed by atoms with Crippen LogP contribution in [-0.4, -0.2) is 36.1 Å². The van der Waals surface area contributed by atoms with Crippen molar-refractivity contribution in [1.82, 2.24) is 10.6 Å². The third kappa shape index (κ3) is 8.68. The van der Waals surface area contributed by atoms with Gasteiger partial charge in [-0.2, -0.15) is 0 Å². The second-order valence-corrected chi connectivity index (χ2v) is 4.53. The molecule has 98 valence electrons. The molecule has 1 saturated carbocycles. The number of hydrogen-bond donors (Lipinski definition) is 3. The summed E-state index contributed by atoms with van der Waals surface area (Å²) in [7, 11) is 0. The van der Waals surface area contributed by atoms with Crippen molar-refractivity contribution in [3.8, 4) is 0 Å². The first-order chi connectivity index (χ1) is 8.18. The zero-order chi connectivity index (χ0) is 12.5. The lowest BCUT2D eigenvalue weighted by molar-refractivity contribution is -0.137. The standard InChI is InChI=1S/C12H22N2O3/c15-11(4-1-2-5-12(16)17)14-9-3-8-13-10-6-7-10/h10,13H,1-9H2,(H,14,15)(H,16,17). The minimum atomic E-state index is -0.795. The van der Waals surface area contributed by atoms with E-state index in [2.05, 4.69) is 10.6 Å². The number of aliphatic carboxylic acids is 1. The molecule has 17 heavy (non-hydrogen) atoms. The normalized spacial score (nSPS) is 14.6. The number of carbonyl (C=O) groups is 2. The van der Waals surface area contributed by atoms with E-state index in [-0.39, 0.29) is 12.3 Å². The Balaban J connectivity index is 1.81. The maximum Gasteiger partial charge on any atom is 0.303 e. The van der Waals surface area contributed by atoms with Gasteiger partial charge in [0.15, 0.2) is 0 Å². The Morgan fingerprint density at radius 1 is 1.06 bits per heavy atom. The highest BCUT2D eigenvalue weighted by atomic mass is 16.4. The first kappa shape index (κ1) is 14.0. The van der Waals surface area contributed by atoms with Crippen LogP contribution < -0.4 is 10.6 Å². The van der Waals surface area contributed by atoms with Crippen LogP contribution in [0.5, 0.6) is 0 Å². The van der Waals surface area contributed by atoms with Gasteiger partial charge in [-0.1, -0.05) is 0 Å². The van der Waals surface area contributed by atoms with E-state index in [9.17, 15) is 9.59 Å². The lowest BCUT2D eigenvalue weighted by atomic mass is 10.2. The number of nitrogens with one attached hydrogen (secondary N) is 2. The number of unbranched alkanes of at least 4 members (excludes halogenated alkanes) is 1. The molecule has 0 aromatic heterocycles. The van der Waals surface area contributed by atoms with Crippen molar-refractivity contribution in [2.24, 2.45) is 0 Å². The molecule has 3 N–H and O–H groups in total. The molecule has 0 bridgehead atoms. The van der Waals surface area contributed by atoms with Gasteiger partial charge in [-0.25, -0.2) is 0 Å². The number of carbonyl (C=O) groups excluding carboxylic acids is 1. The number of amides is 1. The van der Waals surface area contributed by atoms with Gasteiger partial charge >= 0.3 is 5.97 Å². The van der Waals surface area contributed by atoms with E-state index in [0.717, 1.165) is 19.0 Å². The van der Waals surface area contributed by atoms with Crippen molar-refractivity contribution >= 4 is 11.9 Å². The predicted octanol–water partition coefficient (Wildman–Crippen LogP) is 0.890. The summed E-state index contributed by atoms with van der Waals surface area (Å²) in [6, 6.07) is 0.724. The molecule has 5 heteroatoms. The Kier molecular flexibility index (Phi) is 6.62. The van der Waals surface area contributed by atoms with E-state index < -0.39 is 5.97 Å². The van der Waals surface area contributed by atoms with Crippen LogP contribution in [0.1, 0.15) is 44.9 Å². The van der Waals surface area contributed by atoms with Gasteiger partial charge in [0.25, 0.3) is 0 Å². The molecule has 0 atom stereocenters. The zero-order valence-electron chi connectivity index (χ0n) is 10.2. The van der Waals surface area contributed by atoms with Crippen molar-refractivity contribution in [2.75, 3.05) is 13.1 Å². The summed E-state index contributed by atoms with van der Waals surface area (Å²) in [6.07, 6.45) is 5.34. The third-order valence-electron chi connectivity index (χ3n) is 2.73. The second-order valence-electron chi connectivity index (χ2n) is 4.53. The highest BCUT2D eigenvalue weighted by Gasteiger charge is 2.19. The molecular weight excluding hydrogens is 220 g/mol. The van der Waals surface area contributed by atoms with E-state index >= 15 is 0 Å². The van der Waals surface area contributed by atoms with E-state index in [0.29, 0.717) is 25.8 Å². The first-order valence-corrected chi connectivity index (χ1v) is 6.40. The van der Waals surface area contributed by atoms with Gasteiger partial charge in [-0.15, -0.1) is 0 Å². The summed E-state index contributed by atoms with van der Waals surface area (Å²) in [5.74, 6) is -0.765. The monoisotopic (exact) mass is 242 g/mol. The Labute approximate surface area is 102 Å². The molecule has 0 heterocycles. The van der Waals surface area contributed by atoms with Gasteiger partial charge < -0.3 is 15.7 Å². The minimum absolute atomic E-state index is 0.0295. The van der Waals surface area contributed by atoms with Gasteiger partial charge in [0.2, 0.25) is 5.91 Å². The lowest BCUT2D eigenvalue weighted by Gasteiger charge is -2.05. The zero-order valence-corrected chi connectivity index (χ0v) is 10.2. The smallest absolute Gasteiger partial charge is 0.303 e. The van der Waals surface area contributed by atoms with E-state index in [1.165, 1.54) is 12.8 Å². The fourth-order valence-corrected chi connectivity index (χ4v) is 1.56. The quantitative estimate of drug-likeness (QED) is 0.497. The fourth-order valence-electron chi connectivity index (χ4n) is 1.56. The molecule has 0 aliphatic heterocycles. The molecular formula is C12H22N2O3. The summed E-state index contributed by atoms with van der Waals surface area (Å²) < 4.78 is 0. The van der Waals surface area contributed by atoms with E-state index in [4.69, 9.17) is 5.11 Å². The highest BCUT2D eigenvalue weighted by molar-refractivity contribution is 5.75. The number of rotatable bonds is 10. The molecule has 0 aromatic carbocycles. The fraction of sp³-hybridized carbons (Fsp3) is 0.833. The first-order valence-electron chi connectivity index (χ1n) is 6.40. The summed E-state index contributed by atoms with van der Waals surface area (Å²) in [6.45, 7) is 1.67. The van der Waals surface area contributed by atoms with Crippen LogP contribution in [0.3, 0.4) is 0 Å². The molecule has 0 saturated heterocycles. The average molecular weight is 242 g/mol. The van der Waals surface area contributed by atoms with E-state index in [1.807, 2.05) is 0 Å². The van der Waals surface area contributed by atoms with Gasteiger partial charge in [-0.05, 0) is 38.6 Å². The van der Waals surface area contributed by atoms with Crippen LogP contribution in [0, 0.1) is 0 Å². The van der Waals surface area contributed by atoms with Crippen molar-refractivity contribution in [2.45, 2.75) is 51.0 Å². The van der Waals surface area contributed by atoms with Gasteiger partial charge in [0.05, 0.1) is 0 Å². The summed E-state index contributed by atoms with van der Waals surface area (Å²) in [4.78, 5) is 21.6. The van der Waals surface area contributed by atoms with Crippen LogP contribution in [0.15, 0.2) is 0 Å². The van der Waals surface area contributed by atoms with Crippen LogP contribution in [0.4, 0.5) is 0 Å². The molecule has 0 aromatic rings. The molecule has 0 spiro atoms. The molecule has 0 radical (unpaired) electrons. The molecule has 5 nitrogen and oxygen atoms in total. The molecule has 1 amide bonds. The van der Waals surface area contributed by atoms with Crippen molar-refractivity contribution in [1.29, 1.82) is 0 Å². The predicted molar refractivity (Wildman–Crippen MR) is 64.8 cm³/mol. The maximum atomic E-state index is 11.3. The van der Waals surface area contributed by atoms with Gasteiger partial charge in [-0.3, -0.25) is 9.59 Å². The molecule has 1 aliphatic carbocycles. The van der Waals surface area contributed by atoms with Crippen molar-refractivity contribution in [3.63, 3.8) is 0 Å². The molecule has 1 rings (SSSR count). The van der Waals surface area contributed by atoms with Gasteiger partial charge in [0, 0.05) is 25.4 Å². The molecule has 0 unspecified atom stereocenters. The second kappa shape index (κ2) is 8.06. The summed E-state index contributed by atoms with van der Waals surface area (Å²) in [5.41, 5.74) is 0. The van der Waals surface area contributed by atoms with Crippen LogP contribution in [0.25, 0.3) is 0 Å².